The van der Waals surface area contributed by atoms with Crippen LogP contribution in [0.4, 0.5) is 11.4 Å². The van der Waals surface area contributed by atoms with Crippen molar-refractivity contribution in [2.24, 2.45) is 0 Å². The Kier molecular flexibility index (Phi) is 13.2. The topological polar surface area (TPSA) is 55.7 Å². The molecule has 296 valence electrons. The number of benzene rings is 2. The normalized spacial score (nSPS) is 21.3. The van der Waals surface area contributed by atoms with Gasteiger partial charge in [-0.3, -0.25) is 9.80 Å². The van der Waals surface area contributed by atoms with Crippen molar-refractivity contribution in [1.29, 1.82) is 0 Å². The Morgan fingerprint density at radius 2 is 1.20 bits per heavy atom. The van der Waals surface area contributed by atoms with E-state index in [-0.39, 0.29) is 22.2 Å². The van der Waals surface area contributed by atoms with Crippen molar-refractivity contribution in [2.75, 3.05) is 42.5 Å². The minimum Gasteiger partial charge on any atom is -0.366 e. The predicted molar refractivity (Wildman–Crippen MR) is 230 cm³/mol. The number of nitrogens with zero attached hydrogens (tertiary/aromatic N) is 7. The number of nitrogens with one attached hydrogen (secondary N) is 1. The van der Waals surface area contributed by atoms with Gasteiger partial charge in [-0.25, -0.2) is 0 Å². The number of hydrogen-bond donors (Lipinski definition) is 1. The fourth-order valence-corrected chi connectivity index (χ4v) is 8.27. The molecule has 8 heteroatoms. The standard InChI is InChI=1S/C13H19N.C12H20N2.C12H17N.C9H16N4/c1-13(2,3)14-10-6-8-11-7-4-5-9-12(11)14;1-12(2,3)14-9-8-13-10-6-4-5-7-11(10)14;1-12(2,3)13-9-8-10-6-4-5-7-11(10)13;1-9(2,3)13-5-4-12-7-10-11-8(12)6-13/h4-5,7,9H,6,8,10H2,1-3H3;4-7,10-11,13H,8-9H2,1-3H3;4-7H,8-9H2,1-3H3;7H,4-6H2,1-3H3. The van der Waals surface area contributed by atoms with E-state index in [1.165, 1.54) is 54.9 Å². The third-order valence-corrected chi connectivity index (χ3v) is 11.3. The smallest absolute Gasteiger partial charge is 0.147 e. The van der Waals surface area contributed by atoms with Crippen LogP contribution in [0.15, 0.2) is 79.2 Å². The van der Waals surface area contributed by atoms with E-state index in [9.17, 15) is 0 Å². The van der Waals surface area contributed by atoms with E-state index in [0.717, 1.165) is 38.5 Å². The van der Waals surface area contributed by atoms with Gasteiger partial charge in [-0.05, 0) is 126 Å². The average molecular weight is 737 g/mol. The lowest BCUT2D eigenvalue weighted by molar-refractivity contribution is 0.0679. The maximum absolute atomic E-state index is 4.09. The Bertz CT molecular complexity index is 1690. The Morgan fingerprint density at radius 1 is 0.611 bits per heavy atom. The summed E-state index contributed by atoms with van der Waals surface area (Å²) in [6.07, 6.45) is 14.4. The molecule has 2 aromatic carbocycles. The van der Waals surface area contributed by atoms with Crippen molar-refractivity contribution >= 4 is 11.4 Å². The largest absolute Gasteiger partial charge is 0.366 e. The Morgan fingerprint density at radius 3 is 1.81 bits per heavy atom. The van der Waals surface area contributed by atoms with E-state index < -0.39 is 0 Å². The summed E-state index contributed by atoms with van der Waals surface area (Å²) >= 11 is 0. The maximum atomic E-state index is 4.09. The van der Waals surface area contributed by atoms with Gasteiger partial charge < -0.3 is 19.7 Å². The summed E-state index contributed by atoms with van der Waals surface area (Å²) < 4.78 is 2.13. The molecular weight excluding hydrogens is 665 g/mol. The van der Waals surface area contributed by atoms with Crippen LogP contribution >= 0.6 is 0 Å². The number of rotatable bonds is 0. The van der Waals surface area contributed by atoms with Crippen LogP contribution in [0.1, 0.15) is 106 Å². The molecule has 2 unspecified atom stereocenters. The highest BCUT2D eigenvalue weighted by atomic mass is 15.3. The predicted octanol–water partition coefficient (Wildman–Crippen LogP) is 8.53. The molecule has 5 heterocycles. The first-order valence-corrected chi connectivity index (χ1v) is 20.5. The summed E-state index contributed by atoms with van der Waals surface area (Å²) in [5.41, 5.74) is 6.87. The van der Waals surface area contributed by atoms with E-state index in [4.69, 9.17) is 0 Å². The molecule has 1 aromatic heterocycles. The number of aromatic nitrogens is 3. The number of allylic oxidation sites excluding steroid dienone is 2. The van der Waals surface area contributed by atoms with Gasteiger partial charge in [0.25, 0.3) is 0 Å². The number of piperazine rings is 1. The van der Waals surface area contributed by atoms with Crippen LogP contribution in [-0.2, 0) is 25.9 Å². The number of fused-ring (bicyclic) bond motifs is 4. The van der Waals surface area contributed by atoms with E-state index in [2.05, 4.69) is 196 Å². The van der Waals surface area contributed by atoms with Gasteiger partial charge in [0, 0.05) is 84.9 Å². The molecule has 0 amide bonds. The van der Waals surface area contributed by atoms with Gasteiger partial charge in [0.1, 0.15) is 12.2 Å². The highest BCUT2D eigenvalue weighted by Gasteiger charge is 2.35. The lowest BCUT2D eigenvalue weighted by Gasteiger charge is -2.47. The van der Waals surface area contributed by atoms with Gasteiger partial charge in [-0.15, -0.1) is 10.2 Å². The van der Waals surface area contributed by atoms with Crippen molar-refractivity contribution in [3.05, 3.63) is 96.1 Å². The monoisotopic (exact) mass is 737 g/mol. The van der Waals surface area contributed by atoms with E-state index in [1.54, 1.807) is 0 Å². The fraction of sp³-hybridized carbons (Fsp3) is 0.609. The highest BCUT2D eigenvalue weighted by molar-refractivity contribution is 5.59. The number of anilines is 2. The van der Waals surface area contributed by atoms with Crippen LogP contribution in [0.3, 0.4) is 0 Å². The molecule has 0 saturated carbocycles. The second kappa shape index (κ2) is 17.1. The lowest BCUT2D eigenvalue weighted by atomic mass is 9.93. The molecule has 0 radical (unpaired) electrons. The average Bonchev–Trinajstić information content (AvgIpc) is 3.78. The van der Waals surface area contributed by atoms with Gasteiger partial charge in [0.15, 0.2) is 0 Å². The second-order valence-corrected chi connectivity index (χ2v) is 19.4. The molecule has 4 aliphatic heterocycles. The summed E-state index contributed by atoms with van der Waals surface area (Å²) in [6.45, 7) is 34.9. The number of aryl methyl sites for hydroxylation is 1. The summed E-state index contributed by atoms with van der Waals surface area (Å²) in [5, 5.41) is 11.5. The number of hydrogen-bond acceptors (Lipinski definition) is 7. The van der Waals surface area contributed by atoms with Crippen LogP contribution in [0.2, 0.25) is 0 Å². The van der Waals surface area contributed by atoms with Gasteiger partial charge in [0.2, 0.25) is 0 Å². The Labute approximate surface area is 328 Å². The zero-order valence-electron chi connectivity index (χ0n) is 35.9. The minimum atomic E-state index is 0.233. The van der Waals surface area contributed by atoms with E-state index in [0.29, 0.717) is 12.1 Å². The Hall–Kier alpha value is -3.46. The van der Waals surface area contributed by atoms with Gasteiger partial charge in [-0.2, -0.15) is 0 Å². The third-order valence-electron chi connectivity index (χ3n) is 11.3. The molecule has 5 aliphatic rings. The molecule has 54 heavy (non-hydrogen) atoms. The molecular formula is C46H72N8. The fourth-order valence-electron chi connectivity index (χ4n) is 8.27. The van der Waals surface area contributed by atoms with Crippen molar-refractivity contribution in [1.82, 2.24) is 29.9 Å². The third kappa shape index (κ3) is 10.6. The zero-order chi connectivity index (χ0) is 39.3. The molecule has 1 saturated heterocycles. The van der Waals surface area contributed by atoms with Gasteiger partial charge in [-0.1, -0.05) is 60.7 Å². The first-order chi connectivity index (χ1) is 25.3. The van der Waals surface area contributed by atoms with Crippen LogP contribution in [0.5, 0.6) is 0 Å². The van der Waals surface area contributed by atoms with Crippen LogP contribution in [0.25, 0.3) is 0 Å². The van der Waals surface area contributed by atoms with Crippen LogP contribution in [0, 0.1) is 0 Å². The summed E-state index contributed by atoms with van der Waals surface area (Å²) in [7, 11) is 0. The quantitative estimate of drug-likeness (QED) is 0.249. The van der Waals surface area contributed by atoms with Crippen molar-refractivity contribution in [2.45, 2.75) is 150 Å². The molecule has 3 aromatic rings. The van der Waals surface area contributed by atoms with Gasteiger partial charge in [0.05, 0.1) is 6.54 Å². The Balaban J connectivity index is 0.000000139. The molecule has 2 atom stereocenters. The van der Waals surface area contributed by atoms with Crippen molar-refractivity contribution < 1.29 is 0 Å². The molecule has 0 spiro atoms. The second-order valence-electron chi connectivity index (χ2n) is 19.4. The van der Waals surface area contributed by atoms with E-state index in [1.807, 2.05) is 6.33 Å². The maximum Gasteiger partial charge on any atom is 0.147 e. The zero-order valence-corrected chi connectivity index (χ0v) is 35.9. The first-order valence-electron chi connectivity index (χ1n) is 20.5. The minimum absolute atomic E-state index is 0.233. The molecule has 8 nitrogen and oxygen atoms in total. The molecule has 1 fully saturated rings. The van der Waals surface area contributed by atoms with Gasteiger partial charge >= 0.3 is 0 Å². The molecule has 0 bridgehead atoms. The summed E-state index contributed by atoms with van der Waals surface area (Å²) in [4.78, 5) is 10.0. The van der Waals surface area contributed by atoms with Crippen molar-refractivity contribution in [3.8, 4) is 0 Å². The van der Waals surface area contributed by atoms with E-state index >= 15 is 0 Å². The lowest BCUT2D eigenvalue weighted by Crippen LogP contribution is -2.62. The number of para-hydroxylation sites is 2. The molecule has 1 N–H and O–H groups in total. The summed E-state index contributed by atoms with van der Waals surface area (Å²) in [5.74, 6) is 1.08. The van der Waals surface area contributed by atoms with Crippen LogP contribution in [-0.4, -0.2) is 91.5 Å². The summed E-state index contributed by atoms with van der Waals surface area (Å²) in [6, 6.07) is 18.6. The SMILES string of the molecule is CC(C)(C)N1CCCc2ccccc21.CC(C)(C)N1CCNC2C=CC=CC21.CC(C)(C)N1CCc2ccccc21.CC(C)(C)N1CCn2cnnc2C1. The molecule has 8 rings (SSSR count). The van der Waals surface area contributed by atoms with Crippen molar-refractivity contribution in [3.63, 3.8) is 0 Å². The highest BCUT2D eigenvalue weighted by Crippen LogP contribution is 2.34. The first kappa shape index (κ1) is 41.7. The van der Waals surface area contributed by atoms with Crippen LogP contribution < -0.4 is 15.1 Å². The molecule has 1 aliphatic carbocycles.